The number of ether oxygens (including phenoxy) is 3. The smallest absolute Gasteiger partial charge is 0.251 e. The zero-order valence-corrected chi connectivity index (χ0v) is 16.7. The molecule has 9 heteroatoms. The lowest BCUT2D eigenvalue weighted by Crippen LogP contribution is -2.33. The van der Waals surface area contributed by atoms with Crippen molar-refractivity contribution in [3.05, 3.63) is 29.8 Å². The first-order chi connectivity index (χ1) is 13.6. The number of hydrogen-bond acceptors (Lipinski definition) is 7. The minimum absolute atomic E-state index is 0.00764. The maximum atomic E-state index is 12.1. The van der Waals surface area contributed by atoms with Crippen LogP contribution in [0, 0.1) is 0 Å². The van der Waals surface area contributed by atoms with E-state index in [2.05, 4.69) is 16.0 Å². The van der Waals surface area contributed by atoms with Crippen molar-refractivity contribution in [2.24, 2.45) is 5.73 Å². The Labute approximate surface area is 166 Å². The minimum atomic E-state index is -0.648. The van der Waals surface area contributed by atoms with E-state index in [-0.39, 0.29) is 38.2 Å². The number of benzene rings is 1. The van der Waals surface area contributed by atoms with Crippen molar-refractivity contribution in [2.45, 2.75) is 20.1 Å². The zero-order chi connectivity index (χ0) is 20.6. The Bertz CT molecular complexity index is 585. The highest BCUT2D eigenvalue weighted by molar-refractivity contribution is 5.94. The van der Waals surface area contributed by atoms with Gasteiger partial charge in [0, 0.05) is 25.2 Å². The average molecular weight is 396 g/mol. The first kappa shape index (κ1) is 23.8. The number of carbonyl (C=O) groups excluding carboxylic acids is 2. The van der Waals surface area contributed by atoms with Gasteiger partial charge in [-0.05, 0) is 31.7 Å². The van der Waals surface area contributed by atoms with E-state index in [1.54, 1.807) is 24.3 Å². The summed E-state index contributed by atoms with van der Waals surface area (Å²) in [6, 6.07) is 6.87. The van der Waals surface area contributed by atoms with E-state index in [1.807, 2.05) is 13.8 Å². The van der Waals surface area contributed by atoms with Gasteiger partial charge in [-0.3, -0.25) is 9.59 Å². The Hall–Kier alpha value is -2.20. The Kier molecular flexibility index (Phi) is 12.6. The van der Waals surface area contributed by atoms with Gasteiger partial charge in [0.05, 0.1) is 13.2 Å². The third kappa shape index (κ3) is 10.8. The van der Waals surface area contributed by atoms with E-state index >= 15 is 0 Å². The second-order valence-corrected chi connectivity index (χ2v) is 5.86. The molecular weight excluding hydrogens is 364 g/mol. The van der Waals surface area contributed by atoms with Crippen molar-refractivity contribution in [1.82, 2.24) is 16.0 Å². The van der Waals surface area contributed by atoms with Gasteiger partial charge in [0.2, 0.25) is 5.91 Å². The van der Waals surface area contributed by atoms with Crippen LogP contribution in [0.25, 0.3) is 0 Å². The highest BCUT2D eigenvalue weighted by Crippen LogP contribution is 2.13. The van der Waals surface area contributed by atoms with E-state index in [0.717, 1.165) is 13.1 Å². The Morgan fingerprint density at radius 2 is 1.93 bits per heavy atom. The lowest BCUT2D eigenvalue weighted by molar-refractivity contribution is -0.126. The van der Waals surface area contributed by atoms with Gasteiger partial charge in [0.25, 0.3) is 5.91 Å². The van der Waals surface area contributed by atoms with Crippen molar-refractivity contribution in [3.8, 4) is 5.75 Å². The van der Waals surface area contributed by atoms with E-state index in [0.29, 0.717) is 24.4 Å². The SMILES string of the molecule is CCNCCNC(=O)c1cccc(OCC(N)OCCOCC(=O)NCC)c1. The average Bonchev–Trinajstić information content (AvgIpc) is 2.69. The molecule has 0 saturated heterocycles. The summed E-state index contributed by atoms with van der Waals surface area (Å²) in [6.45, 7) is 7.18. The highest BCUT2D eigenvalue weighted by Gasteiger charge is 2.08. The Balaban J connectivity index is 2.25. The standard InChI is InChI=1S/C19H32N4O5/c1-3-21-8-9-23-19(25)15-6-5-7-16(12-15)28-13-17(20)27-11-10-26-14-18(24)22-4-2/h5-7,12,17,21H,3-4,8-11,13-14,20H2,1-2H3,(H,22,24)(H,23,25). The van der Waals surface area contributed by atoms with Crippen molar-refractivity contribution in [3.63, 3.8) is 0 Å². The van der Waals surface area contributed by atoms with Gasteiger partial charge in [-0.2, -0.15) is 0 Å². The molecule has 0 fully saturated rings. The summed E-state index contributed by atoms with van der Waals surface area (Å²) in [5.41, 5.74) is 6.35. The summed E-state index contributed by atoms with van der Waals surface area (Å²) in [6.07, 6.45) is -0.648. The molecule has 0 heterocycles. The molecule has 1 aromatic rings. The quantitative estimate of drug-likeness (QED) is 0.240. The molecule has 1 unspecified atom stereocenters. The van der Waals surface area contributed by atoms with Crippen molar-refractivity contribution in [2.75, 3.05) is 52.6 Å². The van der Waals surface area contributed by atoms with Gasteiger partial charge < -0.3 is 35.9 Å². The topological polar surface area (TPSA) is 124 Å². The normalized spacial score (nSPS) is 11.7. The molecule has 0 aromatic heterocycles. The third-order valence-electron chi connectivity index (χ3n) is 3.51. The molecule has 9 nitrogen and oxygen atoms in total. The summed E-state index contributed by atoms with van der Waals surface area (Å²) in [4.78, 5) is 23.3. The maximum absolute atomic E-state index is 12.1. The van der Waals surface area contributed by atoms with Crippen LogP contribution >= 0.6 is 0 Å². The molecule has 2 amide bonds. The van der Waals surface area contributed by atoms with Crippen molar-refractivity contribution in [1.29, 1.82) is 0 Å². The number of nitrogens with two attached hydrogens (primary N) is 1. The predicted molar refractivity (Wildman–Crippen MR) is 106 cm³/mol. The molecule has 0 spiro atoms. The van der Waals surface area contributed by atoms with Crippen molar-refractivity contribution >= 4 is 11.8 Å². The second kappa shape index (κ2) is 14.8. The van der Waals surface area contributed by atoms with Crippen LogP contribution in [0.15, 0.2) is 24.3 Å². The lowest BCUT2D eigenvalue weighted by Gasteiger charge is -2.15. The molecule has 0 aliphatic rings. The van der Waals surface area contributed by atoms with Gasteiger partial charge in [0.1, 0.15) is 25.2 Å². The van der Waals surface area contributed by atoms with E-state index in [9.17, 15) is 9.59 Å². The third-order valence-corrected chi connectivity index (χ3v) is 3.51. The van der Waals surface area contributed by atoms with Crippen LogP contribution in [0.5, 0.6) is 5.75 Å². The summed E-state index contributed by atoms with van der Waals surface area (Å²) >= 11 is 0. The summed E-state index contributed by atoms with van der Waals surface area (Å²) < 4.78 is 16.1. The minimum Gasteiger partial charge on any atom is -0.489 e. The predicted octanol–water partition coefficient (Wildman–Crippen LogP) is -0.141. The van der Waals surface area contributed by atoms with E-state index in [1.165, 1.54) is 0 Å². The molecule has 0 bridgehead atoms. The van der Waals surface area contributed by atoms with Gasteiger partial charge in [0.15, 0.2) is 0 Å². The first-order valence-electron chi connectivity index (χ1n) is 9.50. The van der Waals surface area contributed by atoms with Gasteiger partial charge in [-0.15, -0.1) is 0 Å². The monoisotopic (exact) mass is 396 g/mol. The largest absolute Gasteiger partial charge is 0.489 e. The van der Waals surface area contributed by atoms with E-state index in [4.69, 9.17) is 19.9 Å². The molecule has 0 aliphatic carbocycles. The van der Waals surface area contributed by atoms with Crippen LogP contribution in [-0.2, 0) is 14.3 Å². The van der Waals surface area contributed by atoms with Crippen LogP contribution in [-0.4, -0.2) is 70.6 Å². The second-order valence-electron chi connectivity index (χ2n) is 5.86. The van der Waals surface area contributed by atoms with E-state index < -0.39 is 6.23 Å². The van der Waals surface area contributed by atoms with Crippen LogP contribution in [0.1, 0.15) is 24.2 Å². The van der Waals surface area contributed by atoms with Crippen molar-refractivity contribution < 1.29 is 23.8 Å². The maximum Gasteiger partial charge on any atom is 0.251 e. The lowest BCUT2D eigenvalue weighted by atomic mass is 10.2. The van der Waals surface area contributed by atoms with Gasteiger partial charge in [-0.25, -0.2) is 0 Å². The number of likely N-dealkylation sites (N-methyl/N-ethyl adjacent to an activating group) is 2. The van der Waals surface area contributed by atoms with Crippen LogP contribution in [0.3, 0.4) is 0 Å². The molecule has 1 rings (SSSR count). The number of carbonyl (C=O) groups is 2. The highest BCUT2D eigenvalue weighted by atomic mass is 16.6. The molecular formula is C19H32N4O5. The van der Waals surface area contributed by atoms with Crippen LogP contribution < -0.4 is 26.4 Å². The molecule has 5 N–H and O–H groups in total. The summed E-state index contributed by atoms with van der Waals surface area (Å²) in [7, 11) is 0. The number of nitrogens with one attached hydrogen (secondary N) is 3. The number of amides is 2. The first-order valence-corrected chi connectivity index (χ1v) is 9.50. The fourth-order valence-corrected chi connectivity index (χ4v) is 2.17. The Morgan fingerprint density at radius 3 is 2.68 bits per heavy atom. The Morgan fingerprint density at radius 1 is 1.11 bits per heavy atom. The van der Waals surface area contributed by atoms with Crippen LogP contribution in [0.2, 0.25) is 0 Å². The van der Waals surface area contributed by atoms with Gasteiger partial charge in [-0.1, -0.05) is 13.0 Å². The molecule has 1 atom stereocenters. The summed E-state index contributed by atoms with van der Waals surface area (Å²) in [5, 5.41) is 8.60. The molecule has 0 saturated carbocycles. The fourth-order valence-electron chi connectivity index (χ4n) is 2.17. The zero-order valence-electron chi connectivity index (χ0n) is 16.7. The fraction of sp³-hybridized carbons (Fsp3) is 0.579. The molecule has 1 aromatic carbocycles. The van der Waals surface area contributed by atoms with Crippen LogP contribution in [0.4, 0.5) is 0 Å². The molecule has 28 heavy (non-hydrogen) atoms. The molecule has 0 radical (unpaired) electrons. The number of rotatable bonds is 15. The molecule has 0 aliphatic heterocycles. The van der Waals surface area contributed by atoms with Gasteiger partial charge >= 0.3 is 0 Å². The number of hydrogen-bond donors (Lipinski definition) is 4. The molecule has 158 valence electrons. The summed E-state index contributed by atoms with van der Waals surface area (Å²) in [5.74, 6) is 0.208.